The molecule has 2 aliphatic rings. The van der Waals surface area contributed by atoms with Gasteiger partial charge in [-0.05, 0) is 36.8 Å². The Bertz CT molecular complexity index is 1150. The maximum atomic E-state index is 13.8. The molecular formula is C21H22FN3O4S2. The van der Waals surface area contributed by atoms with Gasteiger partial charge in [-0.2, -0.15) is 0 Å². The number of halogens is 1. The largest absolute Gasteiger partial charge is 0.497 e. The Morgan fingerprint density at radius 2 is 2.10 bits per heavy atom. The Balaban J connectivity index is 1.58. The lowest BCUT2D eigenvalue weighted by Crippen LogP contribution is -2.36. The second-order valence-corrected chi connectivity index (χ2v) is 10.9. The topological polar surface area (TPSA) is 88.1 Å². The van der Waals surface area contributed by atoms with Crippen LogP contribution in [0.4, 0.5) is 15.8 Å². The average molecular weight is 464 g/mol. The van der Waals surface area contributed by atoms with Gasteiger partial charge >= 0.3 is 0 Å². The van der Waals surface area contributed by atoms with Crippen LogP contribution in [0.2, 0.25) is 0 Å². The molecule has 0 aromatic heterocycles. The summed E-state index contributed by atoms with van der Waals surface area (Å²) in [5.41, 5.74) is 1.55. The molecule has 10 heteroatoms. The number of amidine groups is 1. The minimum absolute atomic E-state index is 0.0228. The van der Waals surface area contributed by atoms with Gasteiger partial charge in [-0.15, -0.1) is 0 Å². The molecule has 164 valence electrons. The van der Waals surface area contributed by atoms with Gasteiger partial charge in [0.1, 0.15) is 18.1 Å². The molecule has 0 aliphatic carbocycles. The average Bonchev–Trinajstić information content (AvgIpc) is 3.22. The fraction of sp³-hybridized carbons (Fsp3) is 0.333. The SMILES string of the molecule is COc1cccc(N(CC(=O)Nc2ccc(C)c(F)c2)C2=N[C@H]3CS(=O)(=O)C[C@H]3S2)c1. The molecule has 2 aliphatic heterocycles. The normalized spacial score (nSPS) is 21.3. The number of aryl methyl sites for hydroxylation is 1. The van der Waals surface area contributed by atoms with Gasteiger partial charge in [0.2, 0.25) is 5.91 Å². The van der Waals surface area contributed by atoms with Crippen molar-refractivity contribution in [2.75, 3.05) is 35.4 Å². The molecule has 0 spiro atoms. The number of nitrogens with one attached hydrogen (secondary N) is 1. The Morgan fingerprint density at radius 1 is 1.29 bits per heavy atom. The molecule has 0 saturated carbocycles. The lowest BCUT2D eigenvalue weighted by Gasteiger charge is -2.24. The third-order valence-corrected chi connectivity index (χ3v) is 8.41. The van der Waals surface area contributed by atoms with E-state index in [1.807, 2.05) is 6.07 Å². The number of thioether (sulfide) groups is 1. The highest BCUT2D eigenvalue weighted by atomic mass is 32.2. The number of methoxy groups -OCH3 is 1. The summed E-state index contributed by atoms with van der Waals surface area (Å²) in [6.07, 6.45) is 0. The molecule has 1 N–H and O–H groups in total. The fourth-order valence-electron chi connectivity index (χ4n) is 3.53. The number of anilines is 2. The first-order chi connectivity index (χ1) is 14.7. The zero-order valence-corrected chi connectivity index (χ0v) is 18.7. The van der Waals surface area contributed by atoms with Crippen LogP contribution in [0.1, 0.15) is 5.56 Å². The molecule has 4 rings (SSSR count). The third-order valence-electron chi connectivity index (χ3n) is 5.16. The summed E-state index contributed by atoms with van der Waals surface area (Å²) in [5, 5.41) is 3.15. The maximum Gasteiger partial charge on any atom is 0.244 e. The van der Waals surface area contributed by atoms with Gasteiger partial charge in [-0.1, -0.05) is 23.9 Å². The number of carbonyl (C=O) groups excluding carboxylic acids is 1. The van der Waals surface area contributed by atoms with Crippen molar-refractivity contribution in [3.63, 3.8) is 0 Å². The molecule has 1 amide bonds. The van der Waals surface area contributed by atoms with Gasteiger partial charge in [-0.3, -0.25) is 9.79 Å². The van der Waals surface area contributed by atoms with Crippen LogP contribution >= 0.6 is 11.8 Å². The van der Waals surface area contributed by atoms with E-state index in [2.05, 4.69) is 10.3 Å². The second kappa shape index (κ2) is 8.51. The maximum absolute atomic E-state index is 13.8. The highest BCUT2D eigenvalue weighted by Crippen LogP contribution is 2.37. The van der Waals surface area contributed by atoms with Crippen molar-refractivity contribution in [2.45, 2.75) is 18.2 Å². The van der Waals surface area contributed by atoms with Gasteiger partial charge < -0.3 is 15.0 Å². The number of sulfone groups is 1. The summed E-state index contributed by atoms with van der Waals surface area (Å²) in [6.45, 7) is 1.58. The Hall–Kier alpha value is -2.59. The minimum atomic E-state index is -3.08. The van der Waals surface area contributed by atoms with Crippen LogP contribution in [0.5, 0.6) is 5.75 Å². The van der Waals surface area contributed by atoms with Crippen molar-refractivity contribution in [1.82, 2.24) is 0 Å². The van der Waals surface area contributed by atoms with E-state index in [0.29, 0.717) is 27.9 Å². The van der Waals surface area contributed by atoms with Crippen LogP contribution in [0.3, 0.4) is 0 Å². The first kappa shape index (κ1) is 21.6. The van der Waals surface area contributed by atoms with Crippen LogP contribution in [0.15, 0.2) is 47.5 Å². The van der Waals surface area contributed by atoms with Gasteiger partial charge in [-0.25, -0.2) is 12.8 Å². The lowest BCUT2D eigenvalue weighted by molar-refractivity contribution is -0.114. The number of benzene rings is 2. The van der Waals surface area contributed by atoms with Gasteiger partial charge in [0, 0.05) is 22.7 Å². The Labute approximate surface area is 184 Å². The standard InChI is InChI=1S/C21H22FN3O4S2/c1-13-6-7-14(8-17(13)22)23-20(26)10-25(15-4-3-5-16(9-15)29-2)21-24-18-11-31(27,28)12-19(18)30-21/h3-9,18-19H,10-12H2,1-2H3,(H,23,26)/t18-,19+/m0/s1. The Kier molecular flexibility index (Phi) is 5.94. The lowest BCUT2D eigenvalue weighted by atomic mass is 10.2. The summed E-state index contributed by atoms with van der Waals surface area (Å²) >= 11 is 1.37. The van der Waals surface area contributed by atoms with Crippen LogP contribution in [0, 0.1) is 12.7 Å². The molecule has 0 radical (unpaired) electrons. The predicted molar refractivity (Wildman–Crippen MR) is 121 cm³/mol. The minimum Gasteiger partial charge on any atom is -0.497 e. The molecule has 2 aromatic rings. The van der Waals surface area contributed by atoms with Crippen molar-refractivity contribution >= 4 is 44.0 Å². The molecule has 7 nitrogen and oxygen atoms in total. The van der Waals surface area contributed by atoms with Crippen molar-refractivity contribution in [3.8, 4) is 5.75 Å². The number of amides is 1. The monoisotopic (exact) mass is 463 g/mol. The number of carbonyl (C=O) groups is 1. The van der Waals surface area contributed by atoms with Gasteiger partial charge in [0.15, 0.2) is 15.0 Å². The highest BCUT2D eigenvalue weighted by Gasteiger charge is 2.44. The molecule has 2 heterocycles. The zero-order chi connectivity index (χ0) is 22.2. The van der Waals surface area contributed by atoms with Crippen molar-refractivity contribution in [3.05, 3.63) is 53.8 Å². The quantitative estimate of drug-likeness (QED) is 0.734. The van der Waals surface area contributed by atoms with Crippen molar-refractivity contribution < 1.29 is 22.3 Å². The first-order valence-electron chi connectivity index (χ1n) is 9.66. The summed E-state index contributed by atoms with van der Waals surface area (Å²) < 4.78 is 42.9. The summed E-state index contributed by atoms with van der Waals surface area (Å²) in [6, 6.07) is 11.4. The molecule has 2 aromatic carbocycles. The van der Waals surface area contributed by atoms with E-state index in [9.17, 15) is 17.6 Å². The van der Waals surface area contributed by atoms with Crippen LogP contribution < -0.4 is 15.0 Å². The van der Waals surface area contributed by atoms with Gasteiger partial charge in [0.05, 0.1) is 24.7 Å². The number of rotatable bonds is 5. The highest BCUT2D eigenvalue weighted by molar-refractivity contribution is 8.15. The number of hydrogen-bond donors (Lipinski definition) is 1. The predicted octanol–water partition coefficient (Wildman–Crippen LogP) is 2.86. The van der Waals surface area contributed by atoms with Crippen LogP contribution in [-0.4, -0.2) is 55.9 Å². The fourth-order valence-corrected chi connectivity index (χ4v) is 7.31. The molecular weight excluding hydrogens is 441 g/mol. The van der Waals surface area contributed by atoms with E-state index >= 15 is 0 Å². The Morgan fingerprint density at radius 3 is 2.81 bits per heavy atom. The smallest absolute Gasteiger partial charge is 0.244 e. The number of nitrogens with zero attached hydrogens (tertiary/aromatic N) is 2. The molecule has 1 saturated heterocycles. The van der Waals surface area contributed by atoms with E-state index in [4.69, 9.17) is 4.74 Å². The molecule has 0 unspecified atom stereocenters. The number of fused-ring (bicyclic) bond motifs is 1. The number of hydrogen-bond acceptors (Lipinski definition) is 7. The number of ether oxygens (including phenoxy) is 1. The van der Waals surface area contributed by atoms with Crippen LogP contribution in [-0.2, 0) is 14.6 Å². The molecule has 0 bridgehead atoms. The van der Waals surface area contributed by atoms with E-state index in [0.717, 1.165) is 0 Å². The van der Waals surface area contributed by atoms with Crippen molar-refractivity contribution in [2.24, 2.45) is 4.99 Å². The van der Waals surface area contributed by atoms with E-state index in [-0.39, 0.29) is 35.2 Å². The van der Waals surface area contributed by atoms with Crippen LogP contribution in [0.25, 0.3) is 0 Å². The molecule has 31 heavy (non-hydrogen) atoms. The van der Waals surface area contributed by atoms with Crippen molar-refractivity contribution in [1.29, 1.82) is 0 Å². The zero-order valence-electron chi connectivity index (χ0n) is 17.0. The molecule has 2 atom stereocenters. The first-order valence-corrected chi connectivity index (χ1v) is 12.4. The van der Waals surface area contributed by atoms with E-state index < -0.39 is 15.7 Å². The second-order valence-electron chi connectivity index (χ2n) is 7.51. The summed E-state index contributed by atoms with van der Waals surface area (Å²) in [5.74, 6) is -0.0217. The molecule has 1 fully saturated rings. The third kappa shape index (κ3) is 4.85. The van der Waals surface area contributed by atoms with Gasteiger partial charge in [0.25, 0.3) is 0 Å². The summed E-state index contributed by atoms with van der Waals surface area (Å²) in [4.78, 5) is 19.1. The summed E-state index contributed by atoms with van der Waals surface area (Å²) in [7, 11) is -1.53. The number of aliphatic imine (C=N–C) groups is 1. The van der Waals surface area contributed by atoms with E-state index in [1.54, 1.807) is 49.3 Å². The van der Waals surface area contributed by atoms with E-state index in [1.165, 1.54) is 17.8 Å².